The van der Waals surface area contributed by atoms with Gasteiger partial charge >= 0.3 is 35.8 Å². The SMILES string of the molecule is COC(=O)C1C2CC(C1C(=O)O)C(C1C3CC(CC3C(=O)OCCO)C1C1C(C)C3CC(C(=O)OC(C)(C)C)C1C3)C2C1C(=O)OC(=O)C1C. The fourth-order valence-electron chi connectivity index (χ4n) is 13.5. The van der Waals surface area contributed by atoms with E-state index in [0.29, 0.717) is 18.8 Å². The third-order valence-corrected chi connectivity index (χ3v) is 14.7. The molecule has 7 aliphatic rings. The molecule has 0 amide bonds. The molecule has 0 radical (unpaired) electrons. The van der Waals surface area contributed by atoms with E-state index in [1.807, 2.05) is 20.8 Å². The van der Waals surface area contributed by atoms with Gasteiger partial charge in [-0.1, -0.05) is 13.8 Å². The number of methoxy groups -OCH3 is 1. The van der Waals surface area contributed by atoms with Crippen molar-refractivity contribution in [2.24, 2.45) is 107 Å². The van der Waals surface area contributed by atoms with Crippen molar-refractivity contribution in [3.63, 3.8) is 0 Å². The molecule has 50 heavy (non-hydrogen) atoms. The highest BCUT2D eigenvalue weighted by Gasteiger charge is 2.73. The molecule has 6 bridgehead atoms. The van der Waals surface area contributed by atoms with Crippen LogP contribution >= 0.6 is 0 Å². The van der Waals surface area contributed by atoms with Gasteiger partial charge in [-0.25, -0.2) is 0 Å². The predicted octanol–water partition coefficient (Wildman–Crippen LogP) is 3.37. The molecule has 6 saturated carbocycles. The summed E-state index contributed by atoms with van der Waals surface area (Å²) in [5.74, 6) is -9.22. The summed E-state index contributed by atoms with van der Waals surface area (Å²) in [6, 6.07) is 0. The first-order chi connectivity index (χ1) is 23.6. The Kier molecular flexibility index (Phi) is 8.91. The summed E-state index contributed by atoms with van der Waals surface area (Å²) in [6.45, 7) is 9.12. The summed E-state index contributed by atoms with van der Waals surface area (Å²) < 4.78 is 21.8. The predicted molar refractivity (Wildman–Crippen MR) is 172 cm³/mol. The van der Waals surface area contributed by atoms with E-state index in [0.717, 1.165) is 19.3 Å². The Balaban J connectivity index is 1.33. The Morgan fingerprint density at radius 3 is 1.92 bits per heavy atom. The van der Waals surface area contributed by atoms with Crippen LogP contribution in [0.5, 0.6) is 0 Å². The molecule has 7 fully saturated rings. The van der Waals surface area contributed by atoms with Crippen LogP contribution in [0.15, 0.2) is 0 Å². The van der Waals surface area contributed by atoms with Crippen molar-refractivity contribution >= 4 is 35.8 Å². The van der Waals surface area contributed by atoms with Gasteiger partial charge in [0.05, 0.1) is 49.2 Å². The number of carbonyl (C=O) groups excluding carboxylic acids is 5. The second-order valence-corrected chi connectivity index (χ2v) is 17.7. The van der Waals surface area contributed by atoms with Crippen LogP contribution in [0.1, 0.15) is 66.7 Å². The first kappa shape index (κ1) is 35.4. The lowest BCUT2D eigenvalue weighted by atomic mass is 9.51. The Hall–Kier alpha value is -3.02. The highest BCUT2D eigenvalue weighted by molar-refractivity contribution is 5.96. The van der Waals surface area contributed by atoms with Crippen LogP contribution in [-0.2, 0) is 47.7 Å². The smallest absolute Gasteiger partial charge is 0.317 e. The van der Waals surface area contributed by atoms with E-state index in [4.69, 9.17) is 18.9 Å². The number of aliphatic hydroxyl groups is 1. The molecule has 1 heterocycles. The number of cyclic esters (lactones) is 2. The molecule has 6 aliphatic carbocycles. The van der Waals surface area contributed by atoms with Gasteiger partial charge in [-0.15, -0.1) is 0 Å². The molecular weight excluding hydrogens is 648 g/mol. The van der Waals surface area contributed by atoms with Crippen LogP contribution in [0.2, 0.25) is 0 Å². The zero-order valence-electron chi connectivity index (χ0n) is 29.8. The molecule has 18 unspecified atom stereocenters. The van der Waals surface area contributed by atoms with Gasteiger partial charge < -0.3 is 29.2 Å². The number of hydrogen-bond donors (Lipinski definition) is 2. The molecular formula is C38H52O12. The molecule has 18 atom stereocenters. The van der Waals surface area contributed by atoms with Gasteiger partial charge in [0.1, 0.15) is 12.2 Å². The number of aliphatic hydroxyl groups excluding tert-OH is 1. The van der Waals surface area contributed by atoms with Crippen molar-refractivity contribution < 1.29 is 57.9 Å². The number of carboxylic acids is 1. The number of esters is 5. The highest BCUT2D eigenvalue weighted by atomic mass is 16.6. The van der Waals surface area contributed by atoms with Crippen LogP contribution in [-0.4, -0.2) is 72.0 Å². The second kappa shape index (κ2) is 12.6. The van der Waals surface area contributed by atoms with E-state index in [-0.39, 0.29) is 78.4 Å². The minimum atomic E-state index is -1.09. The number of carbonyl (C=O) groups is 6. The maximum atomic E-state index is 13.6. The molecule has 7 rings (SSSR count). The molecule has 0 aromatic carbocycles. The van der Waals surface area contributed by atoms with E-state index in [9.17, 15) is 39.0 Å². The summed E-state index contributed by atoms with van der Waals surface area (Å²) in [5, 5.41) is 20.1. The summed E-state index contributed by atoms with van der Waals surface area (Å²) in [7, 11) is 1.24. The normalized spacial score (nSPS) is 47.1. The number of hydrogen-bond acceptors (Lipinski definition) is 11. The first-order valence-electron chi connectivity index (χ1n) is 18.7. The summed E-state index contributed by atoms with van der Waals surface area (Å²) in [4.78, 5) is 80.0. The van der Waals surface area contributed by atoms with E-state index in [1.54, 1.807) is 6.92 Å². The maximum absolute atomic E-state index is 13.6. The molecule has 0 aromatic rings. The summed E-state index contributed by atoms with van der Waals surface area (Å²) >= 11 is 0. The maximum Gasteiger partial charge on any atom is 0.317 e. The molecule has 1 aliphatic heterocycles. The van der Waals surface area contributed by atoms with Gasteiger partial charge in [-0.05, 0) is 124 Å². The zero-order valence-corrected chi connectivity index (χ0v) is 29.8. The molecule has 0 aromatic heterocycles. The van der Waals surface area contributed by atoms with E-state index < -0.39 is 76.8 Å². The lowest BCUT2D eigenvalue weighted by Crippen LogP contribution is -2.53. The molecule has 12 nitrogen and oxygen atoms in total. The zero-order chi connectivity index (χ0) is 36.1. The van der Waals surface area contributed by atoms with Crippen LogP contribution < -0.4 is 0 Å². The van der Waals surface area contributed by atoms with Crippen molar-refractivity contribution in [1.82, 2.24) is 0 Å². The van der Waals surface area contributed by atoms with Gasteiger partial charge in [-0.2, -0.15) is 0 Å². The third-order valence-electron chi connectivity index (χ3n) is 14.7. The number of carboxylic acid groups (broad SMARTS) is 1. The average Bonchev–Trinajstić information content (AvgIpc) is 3.90. The third kappa shape index (κ3) is 5.31. The first-order valence-corrected chi connectivity index (χ1v) is 18.7. The Labute approximate surface area is 292 Å². The van der Waals surface area contributed by atoms with Crippen LogP contribution in [0.25, 0.3) is 0 Å². The topological polar surface area (TPSA) is 180 Å². The minimum Gasteiger partial charge on any atom is -0.481 e. The minimum absolute atomic E-state index is 0.0402. The van der Waals surface area contributed by atoms with Gasteiger partial charge in [0.25, 0.3) is 0 Å². The Morgan fingerprint density at radius 2 is 1.34 bits per heavy atom. The van der Waals surface area contributed by atoms with Crippen molar-refractivity contribution in [2.45, 2.75) is 72.3 Å². The van der Waals surface area contributed by atoms with Crippen molar-refractivity contribution in [1.29, 1.82) is 0 Å². The van der Waals surface area contributed by atoms with Crippen LogP contribution in [0.3, 0.4) is 0 Å². The molecule has 12 heteroatoms. The average molecular weight is 701 g/mol. The van der Waals surface area contributed by atoms with Gasteiger partial charge in [-0.3, -0.25) is 28.8 Å². The fourth-order valence-corrected chi connectivity index (χ4v) is 13.5. The monoisotopic (exact) mass is 700 g/mol. The van der Waals surface area contributed by atoms with Gasteiger partial charge in [0, 0.05) is 0 Å². The second-order valence-electron chi connectivity index (χ2n) is 17.7. The summed E-state index contributed by atoms with van der Waals surface area (Å²) in [6.07, 6.45) is 3.40. The standard InChI is InChI=1S/C38H52O12/c1-14-16-9-18(21(10-16)35(44)50-38(3,4)5)24(14)26-17-11-19(20(12-17)34(43)48-8-7-39)27(26)29-22-13-23(31(36(45)47-6)30(22)32(40)41)28(29)25-15(2)33(42)49-37(25)46/h14-31,39H,7-13H2,1-6H3,(H,40,41). The number of rotatable bonds is 9. The molecule has 276 valence electrons. The highest BCUT2D eigenvalue weighted by Crippen LogP contribution is 2.73. The lowest BCUT2D eigenvalue weighted by Gasteiger charge is -2.52. The fraction of sp³-hybridized carbons (Fsp3) is 0.842. The van der Waals surface area contributed by atoms with E-state index in [2.05, 4.69) is 6.92 Å². The molecule has 0 spiro atoms. The summed E-state index contributed by atoms with van der Waals surface area (Å²) in [5.41, 5.74) is -0.626. The number of fused-ring (bicyclic) bond motifs is 6. The van der Waals surface area contributed by atoms with Gasteiger partial charge in [0.2, 0.25) is 0 Å². The van der Waals surface area contributed by atoms with E-state index in [1.165, 1.54) is 7.11 Å². The van der Waals surface area contributed by atoms with Gasteiger partial charge in [0.15, 0.2) is 0 Å². The quantitative estimate of drug-likeness (QED) is 0.204. The Bertz CT molecular complexity index is 1450. The van der Waals surface area contributed by atoms with Crippen molar-refractivity contribution in [3.8, 4) is 0 Å². The lowest BCUT2D eigenvalue weighted by molar-refractivity contribution is -0.169. The van der Waals surface area contributed by atoms with Crippen molar-refractivity contribution in [3.05, 3.63) is 0 Å². The van der Waals surface area contributed by atoms with E-state index >= 15 is 0 Å². The largest absolute Gasteiger partial charge is 0.481 e. The molecule has 2 N–H and O–H groups in total. The van der Waals surface area contributed by atoms with Crippen LogP contribution in [0.4, 0.5) is 0 Å². The molecule has 1 saturated heterocycles. The number of ether oxygens (including phenoxy) is 4. The van der Waals surface area contributed by atoms with Crippen LogP contribution in [0, 0.1) is 107 Å². The van der Waals surface area contributed by atoms with Crippen molar-refractivity contribution in [2.75, 3.05) is 20.3 Å². The number of aliphatic carboxylic acids is 1. The Morgan fingerprint density at radius 1 is 0.740 bits per heavy atom.